The van der Waals surface area contributed by atoms with Crippen molar-refractivity contribution in [2.45, 2.75) is 27.1 Å². The molecule has 2 rings (SSSR count). The van der Waals surface area contributed by atoms with Gasteiger partial charge in [-0.1, -0.05) is 47.5 Å². The van der Waals surface area contributed by atoms with E-state index >= 15 is 0 Å². The number of halogens is 1. The fraction of sp³-hybridized carbons (Fsp3) is 0.250. The standard InChI is InChI=1S/C16H17ClO2/c1-11-6-7-12(2)14(8-11)10-19-16-13(9-18)4-3-5-15(16)17/h3-8,18H,9-10H2,1-2H3. The highest BCUT2D eigenvalue weighted by Crippen LogP contribution is 2.29. The Hall–Kier alpha value is -1.51. The molecule has 2 aromatic rings. The van der Waals surface area contributed by atoms with E-state index in [4.69, 9.17) is 16.3 Å². The molecule has 0 aromatic heterocycles. The molecule has 0 radical (unpaired) electrons. The second-order valence-electron chi connectivity index (χ2n) is 4.60. The van der Waals surface area contributed by atoms with Crippen LogP contribution >= 0.6 is 11.6 Å². The molecule has 0 aliphatic heterocycles. The quantitative estimate of drug-likeness (QED) is 0.914. The number of para-hydroxylation sites is 1. The van der Waals surface area contributed by atoms with Gasteiger partial charge in [0.15, 0.2) is 0 Å². The van der Waals surface area contributed by atoms with E-state index in [1.807, 2.05) is 6.07 Å². The molecule has 2 nitrogen and oxygen atoms in total. The minimum Gasteiger partial charge on any atom is -0.487 e. The molecule has 0 amide bonds. The highest BCUT2D eigenvalue weighted by Gasteiger charge is 2.08. The predicted octanol–water partition coefficient (Wildman–Crippen LogP) is 4.03. The first-order valence-corrected chi connectivity index (χ1v) is 6.57. The molecule has 100 valence electrons. The third-order valence-electron chi connectivity index (χ3n) is 3.10. The Morgan fingerprint density at radius 1 is 1.11 bits per heavy atom. The summed E-state index contributed by atoms with van der Waals surface area (Å²) in [5.74, 6) is 0.563. The molecule has 0 spiro atoms. The number of aliphatic hydroxyl groups excluding tert-OH is 1. The largest absolute Gasteiger partial charge is 0.487 e. The molecule has 3 heteroatoms. The summed E-state index contributed by atoms with van der Waals surface area (Å²) in [6.07, 6.45) is 0. The van der Waals surface area contributed by atoms with Crippen LogP contribution in [-0.4, -0.2) is 5.11 Å². The Morgan fingerprint density at radius 3 is 2.63 bits per heavy atom. The first kappa shape index (κ1) is 13.9. The van der Waals surface area contributed by atoms with Crippen LogP contribution in [0.2, 0.25) is 5.02 Å². The summed E-state index contributed by atoms with van der Waals surface area (Å²) in [7, 11) is 0. The maximum Gasteiger partial charge on any atom is 0.143 e. The van der Waals surface area contributed by atoms with Gasteiger partial charge in [-0.3, -0.25) is 0 Å². The van der Waals surface area contributed by atoms with Crippen molar-refractivity contribution in [1.29, 1.82) is 0 Å². The Bertz CT molecular complexity index is 579. The Balaban J connectivity index is 2.21. The van der Waals surface area contributed by atoms with Gasteiger partial charge in [0.05, 0.1) is 11.6 Å². The lowest BCUT2D eigenvalue weighted by molar-refractivity contribution is 0.259. The minimum absolute atomic E-state index is 0.0807. The van der Waals surface area contributed by atoms with Gasteiger partial charge < -0.3 is 9.84 Å². The molecular weight excluding hydrogens is 260 g/mol. The lowest BCUT2D eigenvalue weighted by Crippen LogP contribution is -2.01. The first-order chi connectivity index (χ1) is 9.11. The van der Waals surface area contributed by atoms with E-state index in [2.05, 4.69) is 32.0 Å². The van der Waals surface area contributed by atoms with Gasteiger partial charge >= 0.3 is 0 Å². The molecule has 0 heterocycles. The summed E-state index contributed by atoms with van der Waals surface area (Å²) >= 11 is 6.11. The van der Waals surface area contributed by atoms with E-state index in [1.54, 1.807) is 12.1 Å². The molecule has 1 N–H and O–H groups in total. The maximum absolute atomic E-state index is 9.30. The lowest BCUT2D eigenvalue weighted by atomic mass is 10.1. The predicted molar refractivity (Wildman–Crippen MR) is 77.6 cm³/mol. The molecule has 0 aliphatic carbocycles. The van der Waals surface area contributed by atoms with E-state index in [1.165, 1.54) is 11.1 Å². The summed E-state index contributed by atoms with van der Waals surface area (Å²) in [5.41, 5.74) is 4.22. The van der Waals surface area contributed by atoms with E-state index in [-0.39, 0.29) is 6.61 Å². The van der Waals surface area contributed by atoms with E-state index in [0.29, 0.717) is 22.9 Å². The van der Waals surface area contributed by atoms with Gasteiger partial charge in [0, 0.05) is 5.56 Å². The number of aliphatic hydroxyl groups is 1. The molecule has 0 fully saturated rings. The number of hydrogen-bond acceptors (Lipinski definition) is 2. The third kappa shape index (κ3) is 3.28. The molecule has 0 bridgehead atoms. The van der Waals surface area contributed by atoms with Gasteiger partial charge in [-0.2, -0.15) is 0 Å². The second-order valence-corrected chi connectivity index (χ2v) is 5.01. The van der Waals surface area contributed by atoms with Crippen molar-refractivity contribution in [3.8, 4) is 5.75 Å². The summed E-state index contributed by atoms with van der Waals surface area (Å²) in [4.78, 5) is 0. The van der Waals surface area contributed by atoms with Crippen LogP contribution in [0.4, 0.5) is 0 Å². The lowest BCUT2D eigenvalue weighted by Gasteiger charge is -2.13. The van der Waals surface area contributed by atoms with Crippen LogP contribution in [-0.2, 0) is 13.2 Å². The van der Waals surface area contributed by atoms with Crippen molar-refractivity contribution < 1.29 is 9.84 Å². The number of rotatable bonds is 4. The van der Waals surface area contributed by atoms with E-state index in [9.17, 15) is 5.11 Å². The Kier molecular flexibility index (Phi) is 4.46. The molecule has 0 aliphatic rings. The summed E-state index contributed by atoms with van der Waals surface area (Å²) in [5, 5.41) is 9.83. The van der Waals surface area contributed by atoms with Crippen LogP contribution in [0.15, 0.2) is 36.4 Å². The van der Waals surface area contributed by atoms with E-state index in [0.717, 1.165) is 5.56 Å². The highest BCUT2D eigenvalue weighted by atomic mass is 35.5. The smallest absolute Gasteiger partial charge is 0.143 e. The fourth-order valence-corrected chi connectivity index (χ4v) is 2.19. The highest BCUT2D eigenvalue weighted by molar-refractivity contribution is 6.32. The van der Waals surface area contributed by atoms with Crippen LogP contribution in [0, 0.1) is 13.8 Å². The molecular formula is C16H17ClO2. The molecule has 2 aromatic carbocycles. The Labute approximate surface area is 118 Å². The molecule has 0 unspecified atom stereocenters. The topological polar surface area (TPSA) is 29.5 Å². The van der Waals surface area contributed by atoms with Crippen LogP contribution in [0.5, 0.6) is 5.75 Å². The third-order valence-corrected chi connectivity index (χ3v) is 3.39. The number of hydrogen-bond donors (Lipinski definition) is 1. The normalized spacial score (nSPS) is 10.5. The van der Waals surface area contributed by atoms with Crippen LogP contribution in [0.3, 0.4) is 0 Å². The number of benzene rings is 2. The van der Waals surface area contributed by atoms with Crippen LogP contribution in [0.1, 0.15) is 22.3 Å². The van der Waals surface area contributed by atoms with Crippen molar-refractivity contribution >= 4 is 11.6 Å². The molecule has 19 heavy (non-hydrogen) atoms. The summed E-state index contributed by atoms with van der Waals surface area (Å²) < 4.78 is 5.79. The SMILES string of the molecule is Cc1ccc(C)c(COc2c(Cl)cccc2CO)c1. The van der Waals surface area contributed by atoms with Gasteiger partial charge in [-0.05, 0) is 31.0 Å². The zero-order valence-corrected chi connectivity index (χ0v) is 11.9. The van der Waals surface area contributed by atoms with Crippen LogP contribution in [0.25, 0.3) is 0 Å². The monoisotopic (exact) mass is 276 g/mol. The maximum atomic E-state index is 9.30. The number of ether oxygens (including phenoxy) is 1. The van der Waals surface area contributed by atoms with Gasteiger partial charge in [-0.25, -0.2) is 0 Å². The van der Waals surface area contributed by atoms with Crippen molar-refractivity contribution in [2.24, 2.45) is 0 Å². The average molecular weight is 277 g/mol. The van der Waals surface area contributed by atoms with Crippen molar-refractivity contribution in [1.82, 2.24) is 0 Å². The average Bonchev–Trinajstić information content (AvgIpc) is 2.40. The zero-order valence-electron chi connectivity index (χ0n) is 11.1. The van der Waals surface area contributed by atoms with E-state index < -0.39 is 0 Å². The molecule has 0 atom stereocenters. The van der Waals surface area contributed by atoms with Crippen molar-refractivity contribution in [3.63, 3.8) is 0 Å². The van der Waals surface area contributed by atoms with Gasteiger partial charge in [-0.15, -0.1) is 0 Å². The second kappa shape index (κ2) is 6.09. The Morgan fingerprint density at radius 2 is 1.89 bits per heavy atom. The molecule has 0 saturated heterocycles. The van der Waals surface area contributed by atoms with Crippen LogP contribution < -0.4 is 4.74 Å². The minimum atomic E-state index is -0.0807. The first-order valence-electron chi connectivity index (χ1n) is 6.19. The van der Waals surface area contributed by atoms with Gasteiger partial charge in [0.1, 0.15) is 12.4 Å². The fourth-order valence-electron chi connectivity index (χ4n) is 1.95. The van der Waals surface area contributed by atoms with Crippen molar-refractivity contribution in [2.75, 3.05) is 0 Å². The summed E-state index contributed by atoms with van der Waals surface area (Å²) in [6.45, 7) is 4.47. The van der Waals surface area contributed by atoms with Gasteiger partial charge in [0.2, 0.25) is 0 Å². The summed E-state index contributed by atoms with van der Waals surface area (Å²) in [6, 6.07) is 11.6. The zero-order chi connectivity index (χ0) is 13.8. The molecule has 0 saturated carbocycles. The van der Waals surface area contributed by atoms with Gasteiger partial charge in [0.25, 0.3) is 0 Å². The number of aryl methyl sites for hydroxylation is 2. The van der Waals surface area contributed by atoms with Crippen molar-refractivity contribution in [3.05, 3.63) is 63.7 Å².